The van der Waals surface area contributed by atoms with Crippen LogP contribution in [0.1, 0.15) is 16.7 Å². The minimum Gasteiger partial charge on any atom is -0.465 e. The number of hydrogen-bond donors (Lipinski definition) is 4. The van der Waals surface area contributed by atoms with Crippen LogP contribution < -0.4 is 21.5 Å². The molecule has 1 spiro atoms. The van der Waals surface area contributed by atoms with Crippen LogP contribution in [0.25, 0.3) is 11.4 Å². The molecule has 1 atom stereocenters. The van der Waals surface area contributed by atoms with E-state index < -0.39 is 46.8 Å². The van der Waals surface area contributed by atoms with Gasteiger partial charge in [-0.25, -0.2) is 23.5 Å². The molecule has 3 amide bonds. The van der Waals surface area contributed by atoms with Gasteiger partial charge in [-0.3, -0.25) is 24.3 Å². The number of aromatic nitrogens is 3. The third-order valence-corrected chi connectivity index (χ3v) is 7.18. The van der Waals surface area contributed by atoms with Gasteiger partial charge in [-0.15, -0.1) is 0 Å². The third-order valence-electron chi connectivity index (χ3n) is 7.18. The van der Waals surface area contributed by atoms with Gasteiger partial charge in [0, 0.05) is 29.1 Å². The molecule has 0 saturated heterocycles. The molecule has 2 aromatic heterocycles. The van der Waals surface area contributed by atoms with Gasteiger partial charge >= 0.3 is 6.09 Å². The van der Waals surface area contributed by atoms with Gasteiger partial charge in [-0.2, -0.15) is 0 Å². The van der Waals surface area contributed by atoms with Gasteiger partial charge in [-0.1, -0.05) is 12.1 Å². The van der Waals surface area contributed by atoms with E-state index in [-0.39, 0.29) is 17.3 Å². The normalized spacial score (nSPS) is 16.7. The highest BCUT2D eigenvalue weighted by molar-refractivity contribution is 6.06. The number of nitrogens with zero attached hydrogens (tertiary/aromatic N) is 3. The maximum atomic E-state index is 13.9. The van der Waals surface area contributed by atoms with E-state index in [1.54, 1.807) is 24.4 Å². The largest absolute Gasteiger partial charge is 0.465 e. The summed E-state index contributed by atoms with van der Waals surface area (Å²) in [5.41, 5.74) is 0.716. The zero-order valence-corrected chi connectivity index (χ0v) is 21.1. The number of hydrogen-bond acceptors (Lipinski definition) is 6. The van der Waals surface area contributed by atoms with Crippen LogP contribution in [0.3, 0.4) is 0 Å². The average molecular weight is 559 g/mol. The van der Waals surface area contributed by atoms with Gasteiger partial charge in [-0.05, 0) is 54.3 Å². The molecule has 0 fully saturated rings. The van der Waals surface area contributed by atoms with Gasteiger partial charge in [0.1, 0.15) is 35.5 Å². The van der Waals surface area contributed by atoms with Crippen molar-refractivity contribution in [3.8, 4) is 11.4 Å². The van der Waals surface area contributed by atoms with Gasteiger partial charge in [0.15, 0.2) is 0 Å². The van der Waals surface area contributed by atoms with Gasteiger partial charge in [0.2, 0.25) is 11.8 Å². The molecule has 2 aromatic carbocycles. The van der Waals surface area contributed by atoms with Gasteiger partial charge in [0.05, 0.1) is 11.6 Å². The van der Waals surface area contributed by atoms with Crippen molar-refractivity contribution in [1.82, 2.24) is 14.5 Å². The lowest BCUT2D eigenvalue weighted by atomic mass is 9.79. The Balaban J connectivity index is 1.28. The number of carboxylic acid groups (broad SMARTS) is 1. The molecule has 1 aliphatic carbocycles. The summed E-state index contributed by atoms with van der Waals surface area (Å²) in [5.74, 6) is -2.38. The number of nitrogens with one attached hydrogen (secondary N) is 3. The van der Waals surface area contributed by atoms with E-state index in [4.69, 9.17) is 5.11 Å². The molecule has 1 aliphatic heterocycles. The summed E-state index contributed by atoms with van der Waals surface area (Å²) in [6.45, 7) is -0.642. The van der Waals surface area contributed by atoms with E-state index in [0.29, 0.717) is 30.4 Å². The SMILES string of the molecule is O=C(O)Nc1cnc(-c2cc(F)cc(F)c2)n(CC(=O)Nc2ccc3c(c2)CC2(C3)C(=O)Nc3ncccc32)c1=O. The number of halogens is 2. The van der Waals surface area contributed by atoms with E-state index in [2.05, 4.69) is 20.6 Å². The van der Waals surface area contributed by atoms with Crippen LogP contribution in [-0.2, 0) is 34.4 Å². The Morgan fingerprint density at radius 2 is 1.76 bits per heavy atom. The van der Waals surface area contributed by atoms with E-state index in [1.807, 2.05) is 17.4 Å². The first kappa shape index (κ1) is 25.8. The molecule has 13 heteroatoms. The number of carbonyl (C=O) groups is 3. The average Bonchev–Trinajstić information content (AvgIpc) is 3.42. The first-order valence-electron chi connectivity index (χ1n) is 12.4. The number of anilines is 3. The Bertz CT molecular complexity index is 1820. The fourth-order valence-corrected chi connectivity index (χ4v) is 5.44. The van der Waals surface area contributed by atoms with Crippen LogP contribution in [0.5, 0.6) is 0 Å². The molecule has 0 saturated carbocycles. The maximum Gasteiger partial charge on any atom is 0.409 e. The lowest BCUT2D eigenvalue weighted by Gasteiger charge is -2.20. The summed E-state index contributed by atoms with van der Waals surface area (Å²) in [4.78, 5) is 58.5. The molecule has 4 N–H and O–H groups in total. The predicted octanol–water partition coefficient (Wildman–Crippen LogP) is 3.30. The van der Waals surface area contributed by atoms with Gasteiger partial charge in [0.25, 0.3) is 5.56 Å². The molecular weight excluding hydrogens is 538 g/mol. The summed E-state index contributed by atoms with van der Waals surface area (Å²) in [6, 6.07) is 11.4. The zero-order valence-electron chi connectivity index (χ0n) is 21.1. The van der Waals surface area contributed by atoms with Crippen LogP contribution in [0.4, 0.5) is 30.8 Å². The summed E-state index contributed by atoms with van der Waals surface area (Å²) in [5, 5.41) is 16.5. The fraction of sp³-hybridized carbons (Fsp3) is 0.143. The molecule has 6 rings (SSSR count). The van der Waals surface area contributed by atoms with Crippen molar-refractivity contribution in [1.29, 1.82) is 0 Å². The van der Waals surface area contributed by atoms with Crippen LogP contribution in [-0.4, -0.2) is 37.5 Å². The molecule has 206 valence electrons. The van der Waals surface area contributed by atoms with Crippen LogP contribution >= 0.6 is 0 Å². The molecule has 11 nitrogen and oxygen atoms in total. The van der Waals surface area contributed by atoms with Crippen molar-refractivity contribution < 1.29 is 28.3 Å². The monoisotopic (exact) mass is 558 g/mol. The second-order valence-corrected chi connectivity index (χ2v) is 9.80. The first-order valence-corrected chi connectivity index (χ1v) is 12.4. The van der Waals surface area contributed by atoms with Crippen molar-refractivity contribution >= 4 is 35.1 Å². The molecule has 0 radical (unpaired) electrons. The number of pyridine rings is 1. The summed E-state index contributed by atoms with van der Waals surface area (Å²) >= 11 is 0. The summed E-state index contributed by atoms with van der Waals surface area (Å²) in [6.07, 6.45) is 1.86. The lowest BCUT2D eigenvalue weighted by Crippen LogP contribution is -2.35. The van der Waals surface area contributed by atoms with Crippen LogP contribution in [0.15, 0.2) is 65.7 Å². The second-order valence-electron chi connectivity index (χ2n) is 9.80. The minimum atomic E-state index is -1.53. The number of rotatable bonds is 5. The number of fused-ring (bicyclic) bond motifs is 3. The highest BCUT2D eigenvalue weighted by Gasteiger charge is 2.51. The van der Waals surface area contributed by atoms with Crippen LogP contribution in [0, 0.1) is 11.6 Å². The Kier molecular flexibility index (Phi) is 6.06. The van der Waals surface area contributed by atoms with Crippen molar-refractivity contribution in [3.63, 3.8) is 0 Å². The summed E-state index contributed by atoms with van der Waals surface area (Å²) < 4.78 is 28.7. The van der Waals surface area contributed by atoms with Crippen molar-refractivity contribution in [2.75, 3.05) is 16.0 Å². The fourth-order valence-electron chi connectivity index (χ4n) is 5.44. The maximum absolute atomic E-state index is 13.9. The van der Waals surface area contributed by atoms with E-state index in [0.717, 1.165) is 39.6 Å². The van der Waals surface area contributed by atoms with E-state index in [9.17, 15) is 28.0 Å². The zero-order chi connectivity index (χ0) is 28.9. The Morgan fingerprint density at radius 3 is 2.51 bits per heavy atom. The molecule has 41 heavy (non-hydrogen) atoms. The van der Waals surface area contributed by atoms with Crippen molar-refractivity contribution in [2.24, 2.45) is 0 Å². The second kappa shape index (κ2) is 9.62. The lowest BCUT2D eigenvalue weighted by molar-refractivity contribution is -0.120. The topological polar surface area (TPSA) is 155 Å². The molecule has 4 aromatic rings. The Hall–Kier alpha value is -5.46. The highest BCUT2D eigenvalue weighted by Crippen LogP contribution is 2.46. The van der Waals surface area contributed by atoms with Crippen LogP contribution in [0.2, 0.25) is 0 Å². The van der Waals surface area contributed by atoms with Gasteiger partial charge < -0.3 is 15.7 Å². The smallest absolute Gasteiger partial charge is 0.409 e. The predicted molar refractivity (Wildman–Crippen MR) is 143 cm³/mol. The first-order chi connectivity index (χ1) is 19.6. The third kappa shape index (κ3) is 4.56. The quantitative estimate of drug-likeness (QED) is 0.293. The Morgan fingerprint density at radius 1 is 1.00 bits per heavy atom. The molecule has 1 unspecified atom stereocenters. The molecule has 2 aliphatic rings. The molecular formula is C28H20F2N6O5. The number of benzene rings is 2. The minimum absolute atomic E-state index is 0.123. The molecule has 3 heterocycles. The number of carbonyl (C=O) groups excluding carboxylic acids is 2. The van der Waals surface area contributed by atoms with E-state index >= 15 is 0 Å². The highest BCUT2D eigenvalue weighted by atomic mass is 19.1. The van der Waals surface area contributed by atoms with Crippen molar-refractivity contribution in [3.05, 3.63) is 99.6 Å². The standard InChI is InChI=1S/C28H20F2N6O5/c29-17-6-15(7-18(30)9-17)24-32-12-21(34-27(40)41)25(38)36(24)13-22(37)33-19-4-3-14-10-28(11-16(14)8-19)20-2-1-5-31-23(20)35-26(28)39/h1-9,12,34H,10-11,13H2,(H,33,37)(H,40,41)(H,31,35,39). The molecule has 0 bridgehead atoms. The van der Waals surface area contributed by atoms with E-state index in [1.165, 1.54) is 0 Å². The summed E-state index contributed by atoms with van der Waals surface area (Å²) in [7, 11) is 0. The van der Waals surface area contributed by atoms with Crippen molar-refractivity contribution in [2.45, 2.75) is 24.8 Å². The number of amides is 3. The Labute approximate surface area is 229 Å².